The van der Waals surface area contributed by atoms with Gasteiger partial charge in [0.15, 0.2) is 0 Å². The fraction of sp³-hybridized carbons (Fsp3) is 0.818. The third kappa shape index (κ3) is 3.81. The zero-order chi connectivity index (χ0) is 12.3. The van der Waals surface area contributed by atoms with Gasteiger partial charge >= 0.3 is 6.03 Å². The molecule has 0 radical (unpaired) electrons. The molecule has 2 fully saturated rings. The summed E-state index contributed by atoms with van der Waals surface area (Å²) in [6.07, 6.45) is 3.68. The maximum Gasteiger partial charge on any atom is 0.317 e. The number of rotatable bonds is 5. The van der Waals surface area contributed by atoms with Crippen LogP contribution in [-0.2, 0) is 4.74 Å². The Morgan fingerprint density at radius 1 is 1.47 bits per heavy atom. The number of carbonyl (C=O) groups excluding carboxylic acids is 1. The van der Waals surface area contributed by atoms with Crippen molar-refractivity contribution in [3.8, 4) is 0 Å². The Morgan fingerprint density at radius 2 is 2.24 bits per heavy atom. The highest BCUT2D eigenvalue weighted by atomic mass is 32.1. The number of nitrogens with two attached hydrogens (primary N) is 1. The van der Waals surface area contributed by atoms with Crippen LogP contribution in [0.5, 0.6) is 0 Å². The minimum Gasteiger partial charge on any atom is -0.393 e. The second-order valence-electron chi connectivity index (χ2n) is 4.65. The van der Waals surface area contributed by atoms with Crippen LogP contribution >= 0.6 is 12.2 Å². The van der Waals surface area contributed by atoms with Gasteiger partial charge < -0.3 is 20.7 Å². The van der Waals surface area contributed by atoms with Crippen LogP contribution in [0.4, 0.5) is 4.79 Å². The average molecular weight is 257 g/mol. The standard InChI is InChI=1S/C11H19N3O2S/c12-10(17)3-5-14(9-1-2-9)11(15)13-8-4-6-16-7-8/h8-9H,1-7H2,(H2,12,17)(H,13,15). The molecule has 2 aliphatic rings. The third-order valence-corrected chi connectivity index (χ3v) is 3.31. The summed E-state index contributed by atoms with van der Waals surface area (Å²) < 4.78 is 5.24. The molecule has 0 aromatic heterocycles. The molecular weight excluding hydrogens is 238 g/mol. The van der Waals surface area contributed by atoms with E-state index < -0.39 is 0 Å². The second-order valence-corrected chi connectivity index (χ2v) is 5.18. The van der Waals surface area contributed by atoms with Gasteiger partial charge in [-0.25, -0.2) is 4.79 Å². The Labute approximate surface area is 107 Å². The normalized spacial score (nSPS) is 23.4. The number of nitrogens with one attached hydrogen (secondary N) is 1. The first-order valence-corrected chi connectivity index (χ1v) is 6.51. The van der Waals surface area contributed by atoms with E-state index in [0.717, 1.165) is 25.9 Å². The highest BCUT2D eigenvalue weighted by Crippen LogP contribution is 2.27. The lowest BCUT2D eigenvalue weighted by molar-refractivity contribution is 0.177. The predicted octanol–water partition coefficient (Wildman–Crippen LogP) is 0.625. The number of carbonyl (C=O) groups is 1. The first-order chi connectivity index (χ1) is 8.16. The minimum absolute atomic E-state index is 0.000694. The number of urea groups is 1. The minimum atomic E-state index is -0.000694. The van der Waals surface area contributed by atoms with Crippen LogP contribution in [0.25, 0.3) is 0 Å². The van der Waals surface area contributed by atoms with E-state index in [1.165, 1.54) is 0 Å². The number of hydrogen-bond acceptors (Lipinski definition) is 3. The lowest BCUT2D eigenvalue weighted by Gasteiger charge is -2.24. The van der Waals surface area contributed by atoms with E-state index in [0.29, 0.717) is 30.6 Å². The van der Waals surface area contributed by atoms with Gasteiger partial charge in [0.1, 0.15) is 0 Å². The number of hydrogen-bond donors (Lipinski definition) is 2. The first kappa shape index (κ1) is 12.6. The number of ether oxygens (including phenoxy) is 1. The van der Waals surface area contributed by atoms with Crippen molar-refractivity contribution in [1.29, 1.82) is 0 Å². The quantitative estimate of drug-likeness (QED) is 0.709. The van der Waals surface area contributed by atoms with Crippen molar-refractivity contribution >= 4 is 23.2 Å². The van der Waals surface area contributed by atoms with Crippen LogP contribution in [0, 0.1) is 0 Å². The molecule has 1 aliphatic heterocycles. The highest BCUT2D eigenvalue weighted by molar-refractivity contribution is 7.80. The van der Waals surface area contributed by atoms with Crippen molar-refractivity contribution in [3.05, 3.63) is 0 Å². The van der Waals surface area contributed by atoms with Gasteiger partial charge in [-0.15, -0.1) is 0 Å². The fourth-order valence-corrected chi connectivity index (χ4v) is 2.06. The predicted molar refractivity (Wildman–Crippen MR) is 68.9 cm³/mol. The molecule has 1 aliphatic carbocycles. The van der Waals surface area contributed by atoms with Gasteiger partial charge in [-0.3, -0.25) is 0 Å². The molecule has 0 aromatic rings. The Balaban J connectivity index is 1.81. The second kappa shape index (κ2) is 5.64. The molecule has 6 heteroatoms. The van der Waals surface area contributed by atoms with Gasteiger partial charge in [0, 0.05) is 25.6 Å². The Hall–Kier alpha value is -0.880. The topological polar surface area (TPSA) is 67.6 Å². The van der Waals surface area contributed by atoms with Crippen molar-refractivity contribution in [1.82, 2.24) is 10.2 Å². The third-order valence-electron chi connectivity index (χ3n) is 3.10. The molecule has 2 amide bonds. The van der Waals surface area contributed by atoms with Gasteiger partial charge in [-0.2, -0.15) is 0 Å². The summed E-state index contributed by atoms with van der Waals surface area (Å²) in [6.45, 7) is 1.99. The molecule has 2 rings (SSSR count). The summed E-state index contributed by atoms with van der Waals surface area (Å²) in [5.74, 6) is 0. The summed E-state index contributed by atoms with van der Waals surface area (Å²) >= 11 is 4.85. The van der Waals surface area contributed by atoms with Gasteiger partial charge in [-0.05, 0) is 19.3 Å². The van der Waals surface area contributed by atoms with Gasteiger partial charge in [-0.1, -0.05) is 12.2 Å². The number of amides is 2. The summed E-state index contributed by atoms with van der Waals surface area (Å²) in [4.78, 5) is 14.4. The van der Waals surface area contributed by atoms with E-state index in [-0.39, 0.29) is 12.1 Å². The summed E-state index contributed by atoms with van der Waals surface area (Å²) in [5, 5.41) is 3.00. The lowest BCUT2D eigenvalue weighted by atomic mass is 10.2. The molecule has 0 spiro atoms. The zero-order valence-electron chi connectivity index (χ0n) is 9.85. The maximum absolute atomic E-state index is 12.1. The van der Waals surface area contributed by atoms with Crippen LogP contribution in [0.15, 0.2) is 0 Å². The smallest absolute Gasteiger partial charge is 0.317 e. The van der Waals surface area contributed by atoms with Crippen LogP contribution in [0.2, 0.25) is 0 Å². The summed E-state index contributed by atoms with van der Waals surface area (Å²) in [7, 11) is 0. The highest BCUT2D eigenvalue weighted by Gasteiger charge is 2.33. The largest absolute Gasteiger partial charge is 0.393 e. The van der Waals surface area contributed by atoms with Gasteiger partial charge in [0.2, 0.25) is 0 Å². The molecule has 1 atom stereocenters. The molecule has 5 nitrogen and oxygen atoms in total. The Bertz CT molecular complexity index is 301. The van der Waals surface area contributed by atoms with Crippen molar-refractivity contribution < 1.29 is 9.53 Å². The van der Waals surface area contributed by atoms with E-state index >= 15 is 0 Å². The molecule has 1 saturated heterocycles. The van der Waals surface area contributed by atoms with Crippen LogP contribution < -0.4 is 11.1 Å². The average Bonchev–Trinajstić information content (AvgIpc) is 2.97. The van der Waals surface area contributed by atoms with Crippen molar-refractivity contribution in [2.24, 2.45) is 5.73 Å². The fourth-order valence-electron chi connectivity index (χ4n) is 1.97. The molecule has 0 aromatic carbocycles. The Morgan fingerprint density at radius 3 is 2.76 bits per heavy atom. The van der Waals surface area contributed by atoms with E-state index in [2.05, 4.69) is 5.32 Å². The van der Waals surface area contributed by atoms with Crippen LogP contribution in [0.1, 0.15) is 25.7 Å². The molecule has 1 saturated carbocycles. The lowest BCUT2D eigenvalue weighted by Crippen LogP contribution is -2.47. The first-order valence-electron chi connectivity index (χ1n) is 6.10. The van der Waals surface area contributed by atoms with E-state index in [1.54, 1.807) is 0 Å². The number of nitrogens with zero attached hydrogens (tertiary/aromatic N) is 1. The van der Waals surface area contributed by atoms with Gasteiger partial charge in [0.25, 0.3) is 0 Å². The molecule has 1 unspecified atom stereocenters. The monoisotopic (exact) mass is 257 g/mol. The molecule has 1 heterocycles. The molecule has 0 bridgehead atoms. The Kier molecular flexibility index (Phi) is 4.17. The molecule has 17 heavy (non-hydrogen) atoms. The van der Waals surface area contributed by atoms with Crippen LogP contribution in [0.3, 0.4) is 0 Å². The summed E-state index contributed by atoms with van der Waals surface area (Å²) in [5.41, 5.74) is 5.48. The van der Waals surface area contributed by atoms with E-state index in [1.807, 2.05) is 4.90 Å². The van der Waals surface area contributed by atoms with E-state index in [4.69, 9.17) is 22.7 Å². The maximum atomic E-state index is 12.1. The molecular formula is C11H19N3O2S. The van der Waals surface area contributed by atoms with Gasteiger partial charge in [0.05, 0.1) is 17.6 Å². The van der Waals surface area contributed by atoms with E-state index in [9.17, 15) is 4.79 Å². The summed E-state index contributed by atoms with van der Waals surface area (Å²) in [6, 6.07) is 0.541. The van der Waals surface area contributed by atoms with Crippen molar-refractivity contribution in [2.45, 2.75) is 37.8 Å². The number of thiocarbonyl (C=S) groups is 1. The molecule has 3 N–H and O–H groups in total. The van der Waals surface area contributed by atoms with Crippen LogP contribution in [-0.4, -0.2) is 47.8 Å². The SMILES string of the molecule is NC(=S)CCN(C(=O)NC1CCOC1)C1CC1. The van der Waals surface area contributed by atoms with Crippen molar-refractivity contribution in [2.75, 3.05) is 19.8 Å². The van der Waals surface area contributed by atoms with Crippen molar-refractivity contribution in [3.63, 3.8) is 0 Å². The zero-order valence-corrected chi connectivity index (χ0v) is 10.7. The molecule has 96 valence electrons.